The van der Waals surface area contributed by atoms with Crippen LogP contribution in [0.1, 0.15) is 51.4 Å². The Morgan fingerprint density at radius 2 is 1.82 bits per heavy atom. The van der Waals surface area contributed by atoms with Gasteiger partial charge in [-0.15, -0.1) is 17.0 Å². The second-order valence-electron chi connectivity index (χ2n) is 5.33. The third-order valence-corrected chi connectivity index (χ3v) is 5.21. The normalized spacial score (nSPS) is 32.4. The molecule has 2 saturated heterocycles. The van der Waals surface area contributed by atoms with Gasteiger partial charge in [-0.25, -0.2) is 0 Å². The maximum absolute atomic E-state index is 5.04. The van der Waals surface area contributed by atoms with E-state index in [4.69, 9.17) is 4.99 Å². The minimum atomic E-state index is 0. The van der Waals surface area contributed by atoms with Gasteiger partial charge in [-0.3, -0.25) is 4.99 Å². The van der Waals surface area contributed by atoms with Crippen molar-refractivity contribution in [3.63, 3.8) is 0 Å². The summed E-state index contributed by atoms with van der Waals surface area (Å²) in [4.78, 5) is 7.64. The van der Waals surface area contributed by atoms with Gasteiger partial charge in [-0.2, -0.15) is 0 Å². The first-order chi connectivity index (χ1) is 7.93. The summed E-state index contributed by atoms with van der Waals surface area (Å²) in [5.74, 6) is 1.30. The monoisotopic (exact) mass is 318 g/mol. The molecule has 3 fully saturated rings. The lowest BCUT2D eigenvalue weighted by molar-refractivity contribution is 0.373. The zero-order valence-corrected chi connectivity index (χ0v) is 13.0. The predicted molar refractivity (Wildman–Crippen MR) is 81.4 cm³/mol. The molecule has 0 aromatic rings. The Balaban J connectivity index is 0.00000108. The van der Waals surface area contributed by atoms with Crippen LogP contribution in [0.2, 0.25) is 0 Å². The van der Waals surface area contributed by atoms with Crippen molar-refractivity contribution in [2.24, 2.45) is 4.99 Å². The van der Waals surface area contributed by atoms with Gasteiger partial charge in [-0.1, -0.05) is 31.0 Å². The average Bonchev–Trinajstić information content (AvgIpc) is 2.80. The Morgan fingerprint density at radius 1 is 1.00 bits per heavy atom. The summed E-state index contributed by atoms with van der Waals surface area (Å²) in [6.07, 6.45) is 11.1. The number of fused-ring (bicyclic) bond motifs is 1. The molecule has 2 aliphatic heterocycles. The van der Waals surface area contributed by atoms with E-state index in [2.05, 4.69) is 4.90 Å². The van der Waals surface area contributed by atoms with Gasteiger partial charge in [0, 0.05) is 18.3 Å². The van der Waals surface area contributed by atoms with Gasteiger partial charge < -0.3 is 4.90 Å². The van der Waals surface area contributed by atoms with Crippen LogP contribution in [0, 0.1) is 0 Å². The first-order valence-electron chi connectivity index (χ1n) is 6.91. The Labute approximate surface area is 119 Å². The number of thioether (sulfide) groups is 1. The molecule has 0 spiro atoms. The first kappa shape index (κ1) is 13.7. The summed E-state index contributed by atoms with van der Waals surface area (Å²) in [6, 6.07) is 1.49. The topological polar surface area (TPSA) is 15.6 Å². The van der Waals surface area contributed by atoms with Crippen molar-refractivity contribution < 1.29 is 0 Å². The van der Waals surface area contributed by atoms with E-state index >= 15 is 0 Å². The lowest BCUT2D eigenvalue weighted by Gasteiger charge is -2.33. The number of hydrogen-bond donors (Lipinski definition) is 0. The molecule has 3 rings (SSSR count). The summed E-state index contributed by atoms with van der Waals surface area (Å²) in [6.45, 7) is 1.27. The van der Waals surface area contributed by atoms with Gasteiger partial charge in [0.1, 0.15) is 0 Å². The van der Waals surface area contributed by atoms with E-state index in [0.29, 0.717) is 6.04 Å². The van der Waals surface area contributed by atoms with Crippen molar-refractivity contribution in [1.82, 2.24) is 4.90 Å². The van der Waals surface area contributed by atoms with Gasteiger partial charge >= 0.3 is 0 Å². The first-order valence-corrected chi connectivity index (χ1v) is 7.89. The highest BCUT2D eigenvalue weighted by molar-refractivity contribution is 8.93. The fourth-order valence-corrected chi connectivity index (χ4v) is 4.44. The molecule has 4 heteroatoms. The third-order valence-electron chi connectivity index (χ3n) is 4.17. The molecule has 0 aromatic heterocycles. The average molecular weight is 319 g/mol. The summed E-state index contributed by atoms with van der Waals surface area (Å²) < 4.78 is 0. The molecule has 0 N–H and O–H groups in total. The zero-order chi connectivity index (χ0) is 10.8. The number of nitrogens with zero attached hydrogens (tertiary/aromatic N) is 2. The molecule has 1 aliphatic carbocycles. The van der Waals surface area contributed by atoms with Crippen LogP contribution in [0.15, 0.2) is 4.99 Å². The van der Waals surface area contributed by atoms with E-state index in [1.54, 1.807) is 0 Å². The third kappa shape index (κ3) is 3.19. The van der Waals surface area contributed by atoms with Crippen LogP contribution in [0.4, 0.5) is 0 Å². The molecule has 3 aliphatic rings. The van der Waals surface area contributed by atoms with Gasteiger partial charge in [0.05, 0.1) is 6.04 Å². The second-order valence-corrected chi connectivity index (χ2v) is 6.39. The van der Waals surface area contributed by atoms with E-state index in [0.717, 1.165) is 6.04 Å². The number of rotatable bonds is 1. The maximum Gasteiger partial charge on any atom is 0.159 e. The highest BCUT2D eigenvalue weighted by Crippen LogP contribution is 2.32. The largest absolute Gasteiger partial charge is 0.348 e. The molecular formula is C13H23BrN2S. The van der Waals surface area contributed by atoms with E-state index < -0.39 is 0 Å². The molecule has 1 atom stereocenters. The van der Waals surface area contributed by atoms with Crippen LogP contribution in [0.3, 0.4) is 0 Å². The standard InChI is InChI=1S/C13H22N2S.BrH/c1-2-5-11(6-3-1)14-13-15-9-4-7-12(15)8-10-16-13;/h11-12H,1-10H2;1H. The Bertz CT molecular complexity index is 277. The lowest BCUT2D eigenvalue weighted by Crippen LogP contribution is -2.38. The van der Waals surface area contributed by atoms with Crippen molar-refractivity contribution in [2.45, 2.75) is 63.5 Å². The molecule has 17 heavy (non-hydrogen) atoms. The van der Waals surface area contributed by atoms with Crippen molar-refractivity contribution in [3.8, 4) is 0 Å². The minimum Gasteiger partial charge on any atom is -0.348 e. The molecule has 1 saturated carbocycles. The van der Waals surface area contributed by atoms with Crippen LogP contribution in [-0.2, 0) is 0 Å². The van der Waals surface area contributed by atoms with Crippen molar-refractivity contribution in [2.75, 3.05) is 12.3 Å². The summed E-state index contributed by atoms with van der Waals surface area (Å²) in [5, 5.41) is 1.39. The van der Waals surface area contributed by atoms with Crippen LogP contribution in [0.5, 0.6) is 0 Å². The summed E-state index contributed by atoms with van der Waals surface area (Å²) in [7, 11) is 0. The predicted octanol–water partition coefficient (Wildman–Crippen LogP) is 3.85. The van der Waals surface area contributed by atoms with Gasteiger partial charge in [0.25, 0.3) is 0 Å². The molecule has 98 valence electrons. The molecule has 1 unspecified atom stereocenters. The maximum atomic E-state index is 5.04. The van der Waals surface area contributed by atoms with E-state index in [9.17, 15) is 0 Å². The Hall–Kier alpha value is 0.300. The molecule has 0 radical (unpaired) electrons. The van der Waals surface area contributed by atoms with E-state index in [-0.39, 0.29) is 17.0 Å². The highest BCUT2D eigenvalue weighted by atomic mass is 79.9. The van der Waals surface area contributed by atoms with E-state index in [1.165, 1.54) is 68.8 Å². The number of hydrogen-bond acceptors (Lipinski definition) is 2. The van der Waals surface area contributed by atoms with Gasteiger partial charge in [0.2, 0.25) is 0 Å². The van der Waals surface area contributed by atoms with Crippen molar-refractivity contribution in [1.29, 1.82) is 0 Å². The SMILES string of the molecule is Br.C1CCC(N=C2SCCC3CCCN23)CC1. The Morgan fingerprint density at radius 3 is 2.65 bits per heavy atom. The van der Waals surface area contributed by atoms with Crippen LogP contribution in [0.25, 0.3) is 0 Å². The fraction of sp³-hybridized carbons (Fsp3) is 0.923. The molecule has 0 bridgehead atoms. The highest BCUT2D eigenvalue weighted by Gasteiger charge is 2.31. The quantitative estimate of drug-likeness (QED) is 0.729. The zero-order valence-electron chi connectivity index (χ0n) is 10.4. The summed E-state index contributed by atoms with van der Waals surface area (Å²) in [5.41, 5.74) is 0. The van der Waals surface area contributed by atoms with Crippen LogP contribution < -0.4 is 0 Å². The van der Waals surface area contributed by atoms with Crippen molar-refractivity contribution in [3.05, 3.63) is 0 Å². The van der Waals surface area contributed by atoms with Gasteiger partial charge in [-0.05, 0) is 32.1 Å². The van der Waals surface area contributed by atoms with Crippen LogP contribution in [-0.4, -0.2) is 34.4 Å². The number of aliphatic imine (C=N–C) groups is 1. The van der Waals surface area contributed by atoms with E-state index in [1.807, 2.05) is 11.8 Å². The lowest BCUT2D eigenvalue weighted by atomic mass is 9.96. The molecule has 0 aromatic carbocycles. The molecule has 2 heterocycles. The van der Waals surface area contributed by atoms with Gasteiger partial charge in [0.15, 0.2) is 5.17 Å². The Kier molecular flexibility index (Phi) is 5.22. The fourth-order valence-electron chi connectivity index (χ4n) is 3.23. The minimum absolute atomic E-state index is 0. The van der Waals surface area contributed by atoms with Crippen LogP contribution >= 0.6 is 28.7 Å². The van der Waals surface area contributed by atoms with Crippen molar-refractivity contribution >= 4 is 33.9 Å². The smallest absolute Gasteiger partial charge is 0.159 e. The molecular weight excluding hydrogens is 296 g/mol. The molecule has 2 nitrogen and oxygen atoms in total. The molecule has 0 amide bonds. The number of halogens is 1. The number of amidine groups is 1. The second kappa shape index (κ2) is 6.46. The summed E-state index contributed by atoms with van der Waals surface area (Å²) >= 11 is 2.01.